The number of nitrogens with zero attached hydrogens (tertiary/aromatic N) is 1. The highest BCUT2D eigenvalue weighted by Crippen LogP contribution is 2.23. The Morgan fingerprint density at radius 2 is 1.72 bits per heavy atom. The van der Waals surface area contributed by atoms with Crippen LogP contribution in [-0.2, 0) is 21.2 Å². The zero-order valence-electron chi connectivity index (χ0n) is 17.2. The molecule has 1 amide bonds. The summed E-state index contributed by atoms with van der Waals surface area (Å²) in [7, 11) is -0.491. The number of amides is 1. The van der Waals surface area contributed by atoms with E-state index in [1.807, 2.05) is 24.3 Å². The monoisotopic (exact) mass is 420 g/mol. The van der Waals surface area contributed by atoms with Crippen LogP contribution in [-0.4, -0.2) is 47.4 Å². The quantitative estimate of drug-likeness (QED) is 0.597. The Labute approximate surface area is 172 Å². The van der Waals surface area contributed by atoms with Crippen molar-refractivity contribution < 1.29 is 22.7 Å². The Morgan fingerprint density at radius 1 is 1.07 bits per heavy atom. The molecule has 0 bridgehead atoms. The SMILES string of the molecule is COc1ccc(N(C(C)C(=O)NCCCc2cccc(OC)c2)S(C)(=O)=O)cc1. The van der Waals surface area contributed by atoms with E-state index in [0.717, 1.165) is 34.7 Å². The largest absolute Gasteiger partial charge is 0.497 e. The molecule has 29 heavy (non-hydrogen) atoms. The van der Waals surface area contributed by atoms with E-state index >= 15 is 0 Å². The van der Waals surface area contributed by atoms with E-state index < -0.39 is 16.1 Å². The van der Waals surface area contributed by atoms with Crippen molar-refractivity contribution >= 4 is 21.6 Å². The summed E-state index contributed by atoms with van der Waals surface area (Å²) < 4.78 is 36.0. The first-order valence-electron chi connectivity index (χ1n) is 9.30. The summed E-state index contributed by atoms with van der Waals surface area (Å²) in [6, 6.07) is 13.4. The Morgan fingerprint density at radius 3 is 2.31 bits per heavy atom. The first-order chi connectivity index (χ1) is 13.8. The molecule has 0 aliphatic carbocycles. The van der Waals surface area contributed by atoms with Crippen molar-refractivity contribution in [1.29, 1.82) is 0 Å². The lowest BCUT2D eigenvalue weighted by Gasteiger charge is -2.28. The molecule has 0 saturated carbocycles. The topological polar surface area (TPSA) is 84.9 Å². The first kappa shape index (κ1) is 22.5. The van der Waals surface area contributed by atoms with Gasteiger partial charge in [-0.2, -0.15) is 0 Å². The molecule has 0 spiro atoms. The van der Waals surface area contributed by atoms with Crippen LogP contribution in [0.4, 0.5) is 5.69 Å². The van der Waals surface area contributed by atoms with E-state index in [1.54, 1.807) is 38.3 Å². The molecule has 0 heterocycles. The molecule has 0 aromatic heterocycles. The van der Waals surface area contributed by atoms with Gasteiger partial charge in [-0.1, -0.05) is 12.1 Å². The van der Waals surface area contributed by atoms with Gasteiger partial charge < -0.3 is 14.8 Å². The highest BCUT2D eigenvalue weighted by Gasteiger charge is 2.28. The Bertz CT molecular complexity index is 913. The number of nitrogens with one attached hydrogen (secondary N) is 1. The number of ether oxygens (including phenoxy) is 2. The number of anilines is 1. The summed E-state index contributed by atoms with van der Waals surface area (Å²) in [5, 5.41) is 2.83. The predicted molar refractivity (Wildman–Crippen MR) is 114 cm³/mol. The number of rotatable bonds is 10. The van der Waals surface area contributed by atoms with Gasteiger partial charge in [0.15, 0.2) is 0 Å². The van der Waals surface area contributed by atoms with Crippen molar-refractivity contribution in [3.05, 3.63) is 54.1 Å². The van der Waals surface area contributed by atoms with Crippen LogP contribution in [0.15, 0.2) is 48.5 Å². The highest BCUT2D eigenvalue weighted by molar-refractivity contribution is 7.92. The fraction of sp³-hybridized carbons (Fsp3) is 0.381. The minimum absolute atomic E-state index is 0.350. The fourth-order valence-electron chi connectivity index (χ4n) is 3.02. The first-order valence-corrected chi connectivity index (χ1v) is 11.1. The number of aryl methyl sites for hydroxylation is 1. The summed E-state index contributed by atoms with van der Waals surface area (Å²) in [4.78, 5) is 12.6. The van der Waals surface area contributed by atoms with Crippen molar-refractivity contribution in [1.82, 2.24) is 5.32 Å². The predicted octanol–water partition coefficient (Wildman–Crippen LogP) is 2.61. The third kappa shape index (κ3) is 6.39. The van der Waals surface area contributed by atoms with Gasteiger partial charge in [0.1, 0.15) is 17.5 Å². The van der Waals surface area contributed by atoms with Crippen LogP contribution in [0.1, 0.15) is 18.9 Å². The molecule has 2 aromatic carbocycles. The molecule has 1 atom stereocenters. The van der Waals surface area contributed by atoms with E-state index in [2.05, 4.69) is 5.32 Å². The molecule has 0 radical (unpaired) electrons. The number of methoxy groups -OCH3 is 2. The Balaban J connectivity index is 1.97. The lowest BCUT2D eigenvalue weighted by atomic mass is 10.1. The second-order valence-electron chi connectivity index (χ2n) is 6.68. The van der Waals surface area contributed by atoms with E-state index in [1.165, 1.54) is 7.11 Å². The molecule has 2 aromatic rings. The number of hydrogen-bond acceptors (Lipinski definition) is 5. The molecular formula is C21H28N2O5S. The normalized spacial score (nSPS) is 12.1. The van der Waals surface area contributed by atoms with Gasteiger partial charge in [-0.3, -0.25) is 9.10 Å². The summed E-state index contributed by atoms with van der Waals surface area (Å²) >= 11 is 0. The number of sulfonamides is 1. The van der Waals surface area contributed by atoms with Gasteiger partial charge in [-0.25, -0.2) is 8.42 Å². The van der Waals surface area contributed by atoms with Gasteiger partial charge in [0.2, 0.25) is 15.9 Å². The molecule has 0 aliphatic heterocycles. The maximum atomic E-state index is 12.6. The van der Waals surface area contributed by atoms with E-state index in [-0.39, 0.29) is 5.91 Å². The Hall–Kier alpha value is -2.74. The third-order valence-corrected chi connectivity index (χ3v) is 5.73. The van der Waals surface area contributed by atoms with Crippen molar-refractivity contribution in [2.75, 3.05) is 31.3 Å². The lowest BCUT2D eigenvalue weighted by molar-refractivity contribution is -0.121. The van der Waals surface area contributed by atoms with Crippen LogP contribution >= 0.6 is 0 Å². The van der Waals surface area contributed by atoms with Gasteiger partial charge in [0, 0.05) is 6.54 Å². The average Bonchev–Trinajstić information content (AvgIpc) is 2.70. The molecule has 1 N–H and O–H groups in total. The summed E-state index contributed by atoms with van der Waals surface area (Å²) in [5.74, 6) is 1.05. The zero-order chi connectivity index (χ0) is 21.4. The molecule has 158 valence electrons. The molecule has 1 unspecified atom stereocenters. The molecular weight excluding hydrogens is 392 g/mol. The number of hydrogen-bond donors (Lipinski definition) is 1. The van der Waals surface area contributed by atoms with Gasteiger partial charge >= 0.3 is 0 Å². The summed E-state index contributed by atoms with van der Waals surface area (Å²) in [6.45, 7) is 2.02. The van der Waals surface area contributed by atoms with Gasteiger partial charge in [-0.15, -0.1) is 0 Å². The van der Waals surface area contributed by atoms with E-state index in [9.17, 15) is 13.2 Å². The molecule has 0 saturated heterocycles. The van der Waals surface area contributed by atoms with Crippen molar-refractivity contribution in [3.63, 3.8) is 0 Å². The number of benzene rings is 2. The second kappa shape index (κ2) is 10.2. The highest BCUT2D eigenvalue weighted by atomic mass is 32.2. The fourth-order valence-corrected chi connectivity index (χ4v) is 4.19. The van der Waals surface area contributed by atoms with Crippen LogP contribution in [0.2, 0.25) is 0 Å². The summed E-state index contributed by atoms with van der Waals surface area (Å²) in [5.41, 5.74) is 1.52. The maximum Gasteiger partial charge on any atom is 0.243 e. The second-order valence-corrected chi connectivity index (χ2v) is 8.54. The van der Waals surface area contributed by atoms with Crippen molar-refractivity contribution in [2.24, 2.45) is 0 Å². The van der Waals surface area contributed by atoms with E-state index in [0.29, 0.717) is 18.0 Å². The molecule has 2 rings (SSSR count). The lowest BCUT2D eigenvalue weighted by Crippen LogP contribution is -2.48. The van der Waals surface area contributed by atoms with Gasteiger partial charge in [0.05, 0.1) is 26.2 Å². The van der Waals surface area contributed by atoms with Crippen LogP contribution in [0.3, 0.4) is 0 Å². The van der Waals surface area contributed by atoms with Crippen LogP contribution in [0.25, 0.3) is 0 Å². The third-order valence-electron chi connectivity index (χ3n) is 4.49. The smallest absolute Gasteiger partial charge is 0.243 e. The van der Waals surface area contributed by atoms with Crippen molar-refractivity contribution in [3.8, 4) is 11.5 Å². The number of carbonyl (C=O) groups is 1. The summed E-state index contributed by atoms with van der Waals surface area (Å²) in [6.07, 6.45) is 2.59. The number of carbonyl (C=O) groups excluding carboxylic acids is 1. The van der Waals surface area contributed by atoms with Crippen LogP contribution in [0.5, 0.6) is 11.5 Å². The Kier molecular flexibility index (Phi) is 7.90. The molecule has 0 fully saturated rings. The van der Waals surface area contributed by atoms with E-state index in [4.69, 9.17) is 9.47 Å². The standard InChI is InChI=1S/C21H28N2O5S/c1-16(23(29(4,25)26)18-10-12-19(27-2)13-11-18)21(24)22-14-6-8-17-7-5-9-20(15-17)28-3/h5,7,9-13,15-16H,6,8,14H2,1-4H3,(H,22,24). The average molecular weight is 421 g/mol. The van der Waals surface area contributed by atoms with Crippen LogP contribution in [0, 0.1) is 0 Å². The zero-order valence-corrected chi connectivity index (χ0v) is 18.0. The minimum Gasteiger partial charge on any atom is -0.497 e. The van der Waals surface area contributed by atoms with Crippen molar-refractivity contribution in [2.45, 2.75) is 25.8 Å². The van der Waals surface area contributed by atoms with Gasteiger partial charge in [-0.05, 0) is 61.7 Å². The van der Waals surface area contributed by atoms with Crippen LogP contribution < -0.4 is 19.1 Å². The maximum absolute atomic E-state index is 12.6. The minimum atomic E-state index is -3.65. The molecule has 0 aliphatic rings. The molecule has 8 heteroatoms. The van der Waals surface area contributed by atoms with Gasteiger partial charge in [0.25, 0.3) is 0 Å². The molecule has 7 nitrogen and oxygen atoms in total.